The zero-order valence-electron chi connectivity index (χ0n) is 16.0. The number of rotatable bonds is 3. The molecule has 0 spiro atoms. The molecule has 1 N–H and O–H groups in total. The van der Waals surface area contributed by atoms with E-state index in [-0.39, 0.29) is 17.7 Å². The molecular weight excluding hydrogens is 405 g/mol. The van der Waals surface area contributed by atoms with Crippen molar-refractivity contribution in [3.63, 3.8) is 0 Å². The fourth-order valence-corrected chi connectivity index (χ4v) is 3.02. The number of fused-ring (bicyclic) bond motifs is 1. The zero-order chi connectivity index (χ0) is 21.8. The van der Waals surface area contributed by atoms with Crippen molar-refractivity contribution in [1.29, 1.82) is 0 Å². The maximum Gasteiger partial charge on any atom is 0.416 e. The molecule has 4 aromatic rings. The topological polar surface area (TPSA) is 59.3 Å². The molecule has 154 valence electrons. The van der Waals surface area contributed by atoms with E-state index in [0.29, 0.717) is 5.65 Å². The second kappa shape index (κ2) is 8.32. The molecule has 4 rings (SSSR count). The summed E-state index contributed by atoms with van der Waals surface area (Å²) in [5.41, 5.74) is 1.83. The summed E-state index contributed by atoms with van der Waals surface area (Å²) in [5, 5.41) is 6.90. The van der Waals surface area contributed by atoms with Crippen molar-refractivity contribution in [2.75, 3.05) is 6.54 Å². The first-order chi connectivity index (χ1) is 14.9. The van der Waals surface area contributed by atoms with Gasteiger partial charge in [0.25, 0.3) is 5.91 Å². The summed E-state index contributed by atoms with van der Waals surface area (Å²) in [4.78, 5) is 16.8. The largest absolute Gasteiger partial charge is 0.416 e. The molecule has 0 saturated heterocycles. The second-order valence-electron chi connectivity index (χ2n) is 6.55. The van der Waals surface area contributed by atoms with Gasteiger partial charge in [0, 0.05) is 17.3 Å². The third kappa shape index (κ3) is 4.41. The highest BCUT2D eigenvalue weighted by Crippen LogP contribution is 2.29. The molecule has 0 bridgehead atoms. The Morgan fingerprint density at radius 2 is 1.87 bits per heavy atom. The van der Waals surface area contributed by atoms with E-state index < -0.39 is 17.6 Å². The van der Waals surface area contributed by atoms with Crippen LogP contribution in [-0.4, -0.2) is 27.0 Å². The summed E-state index contributed by atoms with van der Waals surface area (Å²) >= 11 is 0. The lowest BCUT2D eigenvalue weighted by atomic mass is 10.1. The Balaban J connectivity index is 1.49. The average molecular weight is 420 g/mol. The van der Waals surface area contributed by atoms with E-state index in [1.54, 1.807) is 16.8 Å². The zero-order valence-corrected chi connectivity index (χ0v) is 16.0. The molecule has 0 fully saturated rings. The Hall–Kier alpha value is -4.12. The van der Waals surface area contributed by atoms with Crippen molar-refractivity contribution in [2.24, 2.45) is 0 Å². The summed E-state index contributed by atoms with van der Waals surface area (Å²) in [6, 6.07) is 16.1. The van der Waals surface area contributed by atoms with Crippen LogP contribution in [0.4, 0.5) is 13.2 Å². The van der Waals surface area contributed by atoms with Crippen LogP contribution >= 0.6 is 0 Å². The predicted molar refractivity (Wildman–Crippen MR) is 109 cm³/mol. The minimum Gasteiger partial charge on any atom is -0.341 e. The van der Waals surface area contributed by atoms with Crippen molar-refractivity contribution in [1.82, 2.24) is 19.9 Å². The molecule has 0 aliphatic rings. The van der Waals surface area contributed by atoms with Gasteiger partial charge < -0.3 is 5.32 Å². The molecule has 0 radical (unpaired) electrons. The number of halogens is 3. The van der Waals surface area contributed by atoms with E-state index in [0.717, 1.165) is 23.4 Å². The lowest BCUT2D eigenvalue weighted by molar-refractivity contribution is -0.137. The second-order valence-corrected chi connectivity index (χ2v) is 6.55. The van der Waals surface area contributed by atoms with E-state index in [9.17, 15) is 18.0 Å². The van der Waals surface area contributed by atoms with Crippen LogP contribution in [-0.2, 0) is 6.18 Å². The monoisotopic (exact) mass is 420 g/mol. The molecule has 0 atom stereocenters. The molecule has 2 aromatic carbocycles. The maximum atomic E-state index is 12.8. The van der Waals surface area contributed by atoms with Gasteiger partial charge in [-0.25, -0.2) is 9.50 Å². The fraction of sp³-hybridized carbons (Fsp3) is 0.0870. The number of amides is 1. The first kappa shape index (κ1) is 20.2. The molecule has 0 aliphatic heterocycles. The first-order valence-corrected chi connectivity index (χ1v) is 9.26. The maximum absolute atomic E-state index is 12.8. The third-order valence-electron chi connectivity index (χ3n) is 4.48. The number of aromatic nitrogens is 3. The Morgan fingerprint density at radius 1 is 1.06 bits per heavy atom. The summed E-state index contributed by atoms with van der Waals surface area (Å²) < 4.78 is 39.9. The summed E-state index contributed by atoms with van der Waals surface area (Å²) in [7, 11) is 0. The summed E-state index contributed by atoms with van der Waals surface area (Å²) in [5.74, 6) is 4.86. The van der Waals surface area contributed by atoms with Gasteiger partial charge >= 0.3 is 6.18 Å². The molecule has 5 nitrogen and oxygen atoms in total. The van der Waals surface area contributed by atoms with E-state index in [1.165, 1.54) is 18.3 Å². The quantitative estimate of drug-likeness (QED) is 0.506. The number of hydrogen-bond acceptors (Lipinski definition) is 3. The lowest BCUT2D eigenvalue weighted by Crippen LogP contribution is -2.23. The molecular formula is C23H15F3N4O. The summed E-state index contributed by atoms with van der Waals surface area (Å²) in [6.45, 7) is -0.0369. The minimum atomic E-state index is -4.43. The number of hydrogen-bond donors (Lipinski definition) is 1. The van der Waals surface area contributed by atoms with Crippen LogP contribution in [0.5, 0.6) is 0 Å². The van der Waals surface area contributed by atoms with Crippen LogP contribution in [0, 0.1) is 11.8 Å². The fourth-order valence-electron chi connectivity index (χ4n) is 3.02. The standard InChI is InChI=1S/C23H15F3N4O/c24-23(25,26)18-10-4-6-16(14-18)7-5-12-28-22(31)19-15-29-30-20(11-13-27-21(19)30)17-8-2-1-3-9-17/h1-4,6,8-11,13-15H,12H2,(H,28,31). The molecule has 1 amide bonds. The molecule has 0 aliphatic carbocycles. The normalized spacial score (nSPS) is 11.1. The number of carbonyl (C=O) groups is 1. The Labute approximate surface area is 175 Å². The third-order valence-corrected chi connectivity index (χ3v) is 4.48. The van der Waals surface area contributed by atoms with Crippen LogP contribution in [0.25, 0.3) is 16.9 Å². The van der Waals surface area contributed by atoms with Gasteiger partial charge in [-0.2, -0.15) is 18.3 Å². The lowest BCUT2D eigenvalue weighted by Gasteiger charge is -2.05. The number of nitrogens with zero attached hydrogens (tertiary/aromatic N) is 3. The minimum absolute atomic E-state index is 0.0369. The highest BCUT2D eigenvalue weighted by molar-refractivity contribution is 6.00. The number of carbonyl (C=O) groups excluding carboxylic acids is 1. The number of nitrogens with one attached hydrogen (secondary N) is 1. The van der Waals surface area contributed by atoms with Gasteiger partial charge in [-0.05, 0) is 24.3 Å². The SMILES string of the molecule is O=C(NCC#Cc1cccc(C(F)(F)F)c1)c1cnn2c(-c3ccccc3)ccnc12. The first-order valence-electron chi connectivity index (χ1n) is 9.26. The van der Waals surface area contributed by atoms with Crippen LogP contribution < -0.4 is 5.32 Å². The van der Waals surface area contributed by atoms with Gasteiger partial charge in [0.1, 0.15) is 5.56 Å². The average Bonchev–Trinajstić information content (AvgIpc) is 3.21. The number of benzene rings is 2. The molecule has 2 heterocycles. The molecule has 8 heteroatoms. The van der Waals surface area contributed by atoms with E-state index >= 15 is 0 Å². The van der Waals surface area contributed by atoms with Crippen LogP contribution in [0.2, 0.25) is 0 Å². The number of alkyl halides is 3. The van der Waals surface area contributed by atoms with Gasteiger partial charge in [-0.15, -0.1) is 0 Å². The predicted octanol–water partition coefficient (Wildman–Crippen LogP) is 4.20. The van der Waals surface area contributed by atoms with E-state index in [2.05, 4.69) is 27.2 Å². The highest BCUT2D eigenvalue weighted by Gasteiger charge is 2.30. The van der Waals surface area contributed by atoms with Crippen LogP contribution in [0.3, 0.4) is 0 Å². The van der Waals surface area contributed by atoms with Gasteiger partial charge in [0.05, 0.1) is 24.0 Å². The Bertz CT molecular complexity index is 1300. The van der Waals surface area contributed by atoms with E-state index in [4.69, 9.17) is 0 Å². The highest BCUT2D eigenvalue weighted by atomic mass is 19.4. The van der Waals surface area contributed by atoms with Crippen molar-refractivity contribution >= 4 is 11.6 Å². The van der Waals surface area contributed by atoms with Gasteiger partial charge in [0.15, 0.2) is 5.65 Å². The van der Waals surface area contributed by atoms with Crippen molar-refractivity contribution in [3.05, 3.63) is 89.7 Å². The van der Waals surface area contributed by atoms with Gasteiger partial charge in [-0.1, -0.05) is 48.2 Å². The van der Waals surface area contributed by atoms with Crippen molar-refractivity contribution in [3.8, 4) is 23.1 Å². The molecule has 0 unspecified atom stereocenters. The van der Waals surface area contributed by atoms with Crippen molar-refractivity contribution < 1.29 is 18.0 Å². The molecule has 2 aromatic heterocycles. The van der Waals surface area contributed by atoms with Crippen molar-refractivity contribution in [2.45, 2.75) is 6.18 Å². The van der Waals surface area contributed by atoms with Crippen LogP contribution in [0.15, 0.2) is 73.1 Å². The van der Waals surface area contributed by atoms with Gasteiger partial charge in [-0.3, -0.25) is 4.79 Å². The smallest absolute Gasteiger partial charge is 0.341 e. The molecule has 31 heavy (non-hydrogen) atoms. The Morgan fingerprint density at radius 3 is 2.65 bits per heavy atom. The Kier molecular flexibility index (Phi) is 5.41. The summed E-state index contributed by atoms with van der Waals surface area (Å²) in [6.07, 6.45) is -1.41. The van der Waals surface area contributed by atoms with Gasteiger partial charge in [0.2, 0.25) is 0 Å². The molecule has 0 saturated carbocycles. The van der Waals surface area contributed by atoms with Crippen LogP contribution in [0.1, 0.15) is 21.5 Å². The van der Waals surface area contributed by atoms with E-state index in [1.807, 2.05) is 30.3 Å².